The smallest absolute Gasteiger partial charge is 0.433 e. The molecule has 4 N–H and O–H groups in total. The number of nitrogens with zero attached hydrogens (tertiary/aromatic N) is 21. The normalized spacial score (nSPS) is 13.4. The Kier molecular flexibility index (Phi) is 36.8. The van der Waals surface area contributed by atoms with Crippen molar-refractivity contribution >= 4 is 85.1 Å². The summed E-state index contributed by atoms with van der Waals surface area (Å²) >= 11 is 0. The maximum absolute atomic E-state index is 13.3. The number of benzene rings is 3. The summed E-state index contributed by atoms with van der Waals surface area (Å²) in [6, 6.07) is 38.5. The number of alkyl halides is 3. The van der Waals surface area contributed by atoms with Crippen LogP contribution in [0.15, 0.2) is 198 Å². The third-order valence-corrected chi connectivity index (χ3v) is 18.9. The molecule has 0 bridgehead atoms. The third kappa shape index (κ3) is 23.1. The van der Waals surface area contributed by atoms with E-state index in [0.29, 0.717) is 63.7 Å². The van der Waals surface area contributed by atoms with E-state index in [2.05, 4.69) is 150 Å². The predicted octanol–water partition coefficient (Wildman–Crippen LogP) is 15.5. The minimum atomic E-state index is -4.64. The molecule has 0 atom stereocenters. The molecular formula is C88H123F3N24O5. The number of anilines is 9. The molecule has 646 valence electrons. The van der Waals surface area contributed by atoms with Crippen LogP contribution < -0.4 is 52.1 Å². The van der Waals surface area contributed by atoms with Gasteiger partial charge in [0.2, 0.25) is 23.7 Å². The Morgan fingerprint density at radius 3 is 0.958 bits per heavy atom. The second kappa shape index (κ2) is 45.0. The zero-order valence-corrected chi connectivity index (χ0v) is 67.4. The molecule has 3 aromatic carbocycles. The number of rotatable bonds is 20. The maximum Gasteiger partial charge on any atom is 0.433 e. The summed E-state index contributed by atoms with van der Waals surface area (Å²) in [5.74, 6) is 2.27. The molecular weight excluding hydrogens is 1530 g/mol. The fraction of sp³-hybridized carbons (Fsp3) is 0.386. The number of methoxy groups -OCH3 is 1. The molecule has 9 aromatic heterocycles. The van der Waals surface area contributed by atoms with E-state index in [0.717, 1.165) is 107 Å². The molecule has 0 aliphatic carbocycles. The quantitative estimate of drug-likeness (QED) is 0.0516. The van der Waals surface area contributed by atoms with Crippen molar-refractivity contribution in [2.75, 3.05) is 137 Å². The fourth-order valence-corrected chi connectivity index (χ4v) is 12.9. The minimum Gasteiger partial charge on any atom is -0.481 e. The van der Waals surface area contributed by atoms with Crippen LogP contribution in [0.5, 0.6) is 5.88 Å². The second-order valence-corrected chi connectivity index (χ2v) is 27.0. The molecule has 12 heterocycles. The van der Waals surface area contributed by atoms with Crippen molar-refractivity contribution in [2.45, 2.75) is 124 Å². The SMILES string of the molecule is C.C.C.C.C.C=CCn1c(=O)c2cnc(Nc3ccc(N4CCN(C)CC4)cc3)nc2n1-c1cccc(C(C)(C)O)n1.C=CCn1c(=O)c2cnc(Nc3ccc(N4CCN(C)CC4)cc3)nc2n1-c1cccc(C(F)(F)F)n1.C=CCn1c(=O)c2cnc(Nc3ccc(N4CCN(C)CC4)cc3)nc2n1-c1cccc(OC)n1.CC.CC.CC. The van der Waals surface area contributed by atoms with Crippen molar-refractivity contribution in [1.29, 1.82) is 0 Å². The summed E-state index contributed by atoms with van der Waals surface area (Å²) < 4.78 is 54.1. The van der Waals surface area contributed by atoms with Gasteiger partial charge in [-0.15, -0.1) is 19.7 Å². The molecule has 12 aromatic rings. The van der Waals surface area contributed by atoms with Gasteiger partial charge in [0.1, 0.15) is 27.5 Å². The predicted molar refractivity (Wildman–Crippen MR) is 486 cm³/mol. The van der Waals surface area contributed by atoms with E-state index in [1.165, 1.54) is 60.7 Å². The van der Waals surface area contributed by atoms with Gasteiger partial charge in [-0.05, 0) is 138 Å². The van der Waals surface area contributed by atoms with Gasteiger partial charge in [-0.2, -0.15) is 33.1 Å². The molecule has 32 heteroatoms. The number of likely N-dealkylation sites (N-methyl/N-ethyl adjacent to an activating group) is 3. The summed E-state index contributed by atoms with van der Waals surface area (Å²) in [6.07, 6.45) is 4.56. The van der Waals surface area contributed by atoms with Crippen molar-refractivity contribution < 1.29 is 23.0 Å². The Balaban J connectivity index is 0.000000304. The highest BCUT2D eigenvalue weighted by Gasteiger charge is 2.34. The largest absolute Gasteiger partial charge is 0.481 e. The standard InChI is InChI=1S/C27H32N8O2.C25H25F3N8O.C25H28N8O2.3C2H6.5CH4/c1-5-13-34-25(36)21-18-28-26(29-19-9-11-20(12-10-19)33-16-14-32(4)15-17-33)31-24(21)35(34)23-8-6-7-22(30-23)27(2,3)37;1-3-11-35-23(37)19-16-29-24(30-17-7-9-18(10-8-17)34-14-12-33(2)13-15-34)32-22(19)36(35)21-6-4-5-20(31-21)25(26,27)28;1-4-12-32-24(34)20-17-26-25(29-23(20)33(32)21-6-5-7-22(28-21)35-3)27-18-8-10-19(11-9-18)31-15-13-30(2)14-16-31;3*1-2;;;;;/h5-12,18,37H,1,13-17H2,2-4H3,(H,28,29,31);3-10,16H,1,11-15H2,2H3,(H,29,30,32);4-11,17H,1,12-16H2,2-3H3,(H,26,27,29);3*1-2H3;5*1H4. The van der Waals surface area contributed by atoms with E-state index in [1.54, 1.807) is 79.0 Å². The van der Waals surface area contributed by atoms with Crippen molar-refractivity contribution in [3.05, 3.63) is 226 Å². The van der Waals surface area contributed by atoms with E-state index in [-0.39, 0.29) is 84.1 Å². The first kappa shape index (κ1) is 98.2. The van der Waals surface area contributed by atoms with Gasteiger partial charge in [-0.1, -0.05) is 115 Å². The summed E-state index contributed by atoms with van der Waals surface area (Å²) in [6.45, 7) is 39.3. The lowest BCUT2D eigenvalue weighted by molar-refractivity contribution is -0.141. The fourth-order valence-electron chi connectivity index (χ4n) is 12.9. The molecule has 0 amide bonds. The van der Waals surface area contributed by atoms with Crippen LogP contribution >= 0.6 is 0 Å². The minimum absolute atomic E-state index is 0. The van der Waals surface area contributed by atoms with Crippen LogP contribution in [-0.2, 0) is 31.4 Å². The number of ether oxygens (including phenoxy) is 1. The first-order valence-electron chi connectivity index (χ1n) is 38.5. The number of hydrogen-bond acceptors (Lipinski definition) is 23. The average molecular weight is 1650 g/mol. The molecule has 0 unspecified atom stereocenters. The maximum atomic E-state index is 13.3. The van der Waals surface area contributed by atoms with Crippen LogP contribution in [0.2, 0.25) is 0 Å². The molecule has 15 rings (SSSR count). The molecule has 0 saturated carbocycles. The zero-order valence-electron chi connectivity index (χ0n) is 67.4. The lowest BCUT2D eigenvalue weighted by Crippen LogP contribution is -2.44. The number of fused-ring (bicyclic) bond motifs is 3. The molecule has 0 spiro atoms. The number of hydrogen-bond donors (Lipinski definition) is 4. The Morgan fingerprint density at radius 2 is 0.683 bits per heavy atom. The second-order valence-electron chi connectivity index (χ2n) is 27.0. The molecule has 29 nitrogen and oxygen atoms in total. The first-order valence-corrected chi connectivity index (χ1v) is 38.5. The van der Waals surface area contributed by atoms with Crippen LogP contribution in [-0.4, -0.2) is 200 Å². The first-order chi connectivity index (χ1) is 55.5. The monoisotopic (exact) mass is 1650 g/mol. The van der Waals surface area contributed by atoms with E-state index < -0.39 is 23.0 Å². The Labute approximate surface area is 703 Å². The Morgan fingerprint density at radius 1 is 0.408 bits per heavy atom. The molecule has 3 saturated heterocycles. The van der Waals surface area contributed by atoms with E-state index >= 15 is 0 Å². The average Bonchev–Trinajstić information content (AvgIpc) is 1.62. The molecule has 3 fully saturated rings. The van der Waals surface area contributed by atoms with Gasteiger partial charge in [-0.3, -0.25) is 14.4 Å². The summed E-state index contributed by atoms with van der Waals surface area (Å²) in [5.41, 5.74) is 4.28. The van der Waals surface area contributed by atoms with Crippen molar-refractivity contribution in [3.8, 4) is 23.3 Å². The van der Waals surface area contributed by atoms with Crippen molar-refractivity contribution in [2.24, 2.45) is 0 Å². The van der Waals surface area contributed by atoms with Gasteiger partial charge >= 0.3 is 6.18 Å². The number of allylic oxidation sites excluding steroid dienone is 3. The molecule has 0 radical (unpaired) electrons. The van der Waals surface area contributed by atoms with Gasteiger partial charge in [0, 0.05) is 137 Å². The number of piperazine rings is 3. The van der Waals surface area contributed by atoms with E-state index in [1.807, 2.05) is 96.1 Å². The highest BCUT2D eigenvalue weighted by atomic mass is 19.4. The van der Waals surface area contributed by atoms with E-state index in [4.69, 9.17) is 9.72 Å². The zero-order chi connectivity index (χ0) is 82.7. The van der Waals surface area contributed by atoms with Gasteiger partial charge in [0.15, 0.2) is 34.4 Å². The Hall–Kier alpha value is -12.4. The van der Waals surface area contributed by atoms with Crippen molar-refractivity contribution in [1.82, 2.24) is 87.6 Å². The number of pyridine rings is 3. The molecule has 3 aliphatic rings. The summed E-state index contributed by atoms with van der Waals surface area (Å²) in [5, 5.41) is 21.0. The van der Waals surface area contributed by atoms with Gasteiger partial charge in [0.05, 0.1) is 32.4 Å². The molecule has 3 aliphatic heterocycles. The van der Waals surface area contributed by atoms with Crippen molar-refractivity contribution in [3.63, 3.8) is 0 Å². The number of nitrogens with one attached hydrogen (secondary N) is 3. The highest BCUT2D eigenvalue weighted by molar-refractivity contribution is 5.80. The van der Waals surface area contributed by atoms with Crippen LogP contribution in [0.4, 0.5) is 65.1 Å². The topological polar surface area (TPSA) is 282 Å². The highest BCUT2D eigenvalue weighted by Crippen LogP contribution is 2.31. The summed E-state index contributed by atoms with van der Waals surface area (Å²) in [4.78, 5) is 93.0. The van der Waals surface area contributed by atoms with E-state index in [9.17, 15) is 32.7 Å². The van der Waals surface area contributed by atoms with Crippen LogP contribution in [0.1, 0.15) is 104 Å². The summed E-state index contributed by atoms with van der Waals surface area (Å²) in [7, 11) is 7.95. The van der Waals surface area contributed by atoms with Gasteiger partial charge in [0.25, 0.3) is 16.7 Å². The number of aliphatic hydroxyl groups is 1. The van der Waals surface area contributed by atoms with Gasteiger partial charge in [-0.25, -0.2) is 53.0 Å². The Bertz CT molecular complexity index is 5210. The lowest BCUT2D eigenvalue weighted by Gasteiger charge is -2.34. The lowest BCUT2D eigenvalue weighted by atomic mass is 10.1. The van der Waals surface area contributed by atoms with Crippen LogP contribution in [0.25, 0.3) is 50.6 Å². The van der Waals surface area contributed by atoms with Gasteiger partial charge < -0.3 is 55.2 Å². The van der Waals surface area contributed by atoms with Crippen LogP contribution in [0, 0.1) is 0 Å². The number of aromatic nitrogens is 15. The number of halogens is 3. The third-order valence-electron chi connectivity index (χ3n) is 18.9. The van der Waals surface area contributed by atoms with Crippen LogP contribution in [0.3, 0.4) is 0 Å². The molecule has 120 heavy (non-hydrogen) atoms.